The van der Waals surface area contributed by atoms with Gasteiger partial charge in [-0.2, -0.15) is 0 Å². The average molecular weight is 205 g/mol. The van der Waals surface area contributed by atoms with E-state index in [1.165, 1.54) is 0 Å². The fraction of sp³-hybridized carbons (Fsp3) is 0.364. The SMILES string of the molecule is CCNCCc1c[nH]c2[nH]ccc(=O)c12. The van der Waals surface area contributed by atoms with Crippen LogP contribution in [0.25, 0.3) is 11.0 Å². The molecule has 2 rings (SSSR count). The lowest BCUT2D eigenvalue weighted by atomic mass is 10.1. The van der Waals surface area contributed by atoms with Crippen LogP contribution >= 0.6 is 0 Å². The minimum absolute atomic E-state index is 0.0801. The summed E-state index contributed by atoms with van der Waals surface area (Å²) < 4.78 is 0. The van der Waals surface area contributed by atoms with Crippen molar-refractivity contribution in [3.8, 4) is 0 Å². The number of hydrogen-bond donors (Lipinski definition) is 3. The van der Waals surface area contributed by atoms with Crippen LogP contribution in [0.1, 0.15) is 12.5 Å². The van der Waals surface area contributed by atoms with Crippen molar-refractivity contribution >= 4 is 11.0 Å². The van der Waals surface area contributed by atoms with Gasteiger partial charge in [0.05, 0.1) is 5.39 Å². The summed E-state index contributed by atoms with van der Waals surface area (Å²) in [5, 5.41) is 4.03. The second-order valence-electron chi connectivity index (χ2n) is 3.51. The molecule has 2 heterocycles. The predicted octanol–water partition coefficient (Wildman–Crippen LogP) is 1.01. The van der Waals surface area contributed by atoms with Gasteiger partial charge in [0.1, 0.15) is 5.65 Å². The first kappa shape index (κ1) is 9.98. The van der Waals surface area contributed by atoms with Crippen LogP contribution in [0.15, 0.2) is 23.3 Å². The molecule has 0 aromatic carbocycles. The zero-order valence-corrected chi connectivity index (χ0v) is 8.76. The lowest BCUT2D eigenvalue weighted by Crippen LogP contribution is -2.16. The quantitative estimate of drug-likeness (QED) is 0.652. The number of hydrogen-bond acceptors (Lipinski definition) is 2. The molecule has 15 heavy (non-hydrogen) atoms. The smallest absolute Gasteiger partial charge is 0.191 e. The summed E-state index contributed by atoms with van der Waals surface area (Å²) in [6.07, 6.45) is 4.44. The van der Waals surface area contributed by atoms with Crippen LogP contribution < -0.4 is 10.7 Å². The molecule has 0 atom stereocenters. The molecule has 0 aliphatic carbocycles. The Labute approximate surface area is 87.7 Å². The number of rotatable bonds is 4. The van der Waals surface area contributed by atoms with Gasteiger partial charge >= 0.3 is 0 Å². The van der Waals surface area contributed by atoms with Crippen LogP contribution in [-0.4, -0.2) is 23.1 Å². The first-order chi connectivity index (χ1) is 7.33. The molecule has 0 radical (unpaired) electrons. The van der Waals surface area contributed by atoms with E-state index in [9.17, 15) is 4.79 Å². The van der Waals surface area contributed by atoms with Crippen molar-refractivity contribution in [1.82, 2.24) is 15.3 Å². The van der Waals surface area contributed by atoms with Crippen molar-refractivity contribution in [3.05, 3.63) is 34.2 Å². The summed E-state index contributed by atoms with van der Waals surface area (Å²) in [7, 11) is 0. The van der Waals surface area contributed by atoms with Gasteiger partial charge in [-0.15, -0.1) is 0 Å². The van der Waals surface area contributed by atoms with Crippen molar-refractivity contribution in [2.75, 3.05) is 13.1 Å². The van der Waals surface area contributed by atoms with Gasteiger partial charge < -0.3 is 15.3 Å². The lowest BCUT2D eigenvalue weighted by Gasteiger charge is -1.99. The molecule has 0 aliphatic heterocycles. The number of aromatic amines is 2. The Bertz CT molecular complexity index is 498. The van der Waals surface area contributed by atoms with Gasteiger partial charge in [-0.25, -0.2) is 0 Å². The van der Waals surface area contributed by atoms with Crippen molar-refractivity contribution in [2.24, 2.45) is 0 Å². The molecule has 0 saturated carbocycles. The zero-order chi connectivity index (χ0) is 10.7. The van der Waals surface area contributed by atoms with Gasteiger partial charge in [-0.05, 0) is 25.1 Å². The number of fused-ring (bicyclic) bond motifs is 1. The summed E-state index contributed by atoms with van der Waals surface area (Å²) in [5.74, 6) is 0. The molecule has 0 bridgehead atoms. The number of nitrogens with one attached hydrogen (secondary N) is 3. The highest BCUT2D eigenvalue weighted by Crippen LogP contribution is 2.11. The second kappa shape index (κ2) is 4.31. The third-order valence-electron chi connectivity index (χ3n) is 2.49. The molecule has 4 nitrogen and oxygen atoms in total. The topological polar surface area (TPSA) is 60.7 Å². The second-order valence-corrected chi connectivity index (χ2v) is 3.51. The molecule has 2 aromatic heterocycles. The number of aromatic nitrogens is 2. The van der Waals surface area contributed by atoms with Crippen LogP contribution in [-0.2, 0) is 6.42 Å². The lowest BCUT2D eigenvalue weighted by molar-refractivity contribution is 0.718. The van der Waals surface area contributed by atoms with Crippen LogP contribution in [0.5, 0.6) is 0 Å². The maximum atomic E-state index is 11.6. The fourth-order valence-electron chi connectivity index (χ4n) is 1.74. The summed E-state index contributed by atoms with van der Waals surface area (Å²) in [4.78, 5) is 17.7. The van der Waals surface area contributed by atoms with Crippen LogP contribution in [0, 0.1) is 0 Å². The van der Waals surface area contributed by atoms with Gasteiger partial charge in [0.2, 0.25) is 0 Å². The monoisotopic (exact) mass is 205 g/mol. The number of H-pyrrole nitrogens is 2. The molecule has 0 unspecified atom stereocenters. The maximum absolute atomic E-state index is 11.6. The van der Waals surface area contributed by atoms with Crippen LogP contribution in [0.2, 0.25) is 0 Å². The average Bonchev–Trinajstić information content (AvgIpc) is 2.63. The van der Waals surface area contributed by atoms with Crippen molar-refractivity contribution in [2.45, 2.75) is 13.3 Å². The Morgan fingerprint density at radius 3 is 3.07 bits per heavy atom. The molecule has 0 spiro atoms. The van der Waals surface area contributed by atoms with Gasteiger partial charge in [0.25, 0.3) is 0 Å². The number of pyridine rings is 1. The van der Waals surface area contributed by atoms with Crippen molar-refractivity contribution in [3.63, 3.8) is 0 Å². The summed E-state index contributed by atoms with van der Waals surface area (Å²) >= 11 is 0. The van der Waals surface area contributed by atoms with E-state index >= 15 is 0 Å². The Morgan fingerprint density at radius 1 is 1.40 bits per heavy atom. The third-order valence-corrected chi connectivity index (χ3v) is 2.49. The first-order valence-electron chi connectivity index (χ1n) is 5.21. The Balaban J connectivity index is 2.32. The highest BCUT2D eigenvalue weighted by atomic mass is 16.1. The van der Waals surface area contributed by atoms with E-state index in [-0.39, 0.29) is 5.43 Å². The molecule has 0 aliphatic rings. The molecule has 0 amide bonds. The normalized spacial score (nSPS) is 11.0. The Kier molecular flexibility index (Phi) is 2.87. The summed E-state index contributed by atoms with van der Waals surface area (Å²) in [6, 6.07) is 1.56. The molecule has 3 N–H and O–H groups in total. The molecule has 0 fully saturated rings. The van der Waals surface area contributed by atoms with Crippen molar-refractivity contribution < 1.29 is 0 Å². The standard InChI is InChI=1S/C11H15N3O/c1-2-12-5-3-8-7-14-11-10(8)9(15)4-6-13-11/h4,6-7,12H,2-3,5H2,1H3,(H2,13,14,15). The van der Waals surface area contributed by atoms with Crippen LogP contribution in [0.4, 0.5) is 0 Å². The van der Waals surface area contributed by atoms with Gasteiger partial charge in [0.15, 0.2) is 5.43 Å². The van der Waals surface area contributed by atoms with Crippen molar-refractivity contribution in [1.29, 1.82) is 0 Å². The highest BCUT2D eigenvalue weighted by molar-refractivity contribution is 5.79. The van der Waals surface area contributed by atoms with E-state index in [0.717, 1.165) is 36.1 Å². The largest absolute Gasteiger partial charge is 0.347 e. The van der Waals surface area contributed by atoms with Gasteiger partial charge in [-0.3, -0.25) is 4.79 Å². The van der Waals surface area contributed by atoms with Gasteiger partial charge in [0, 0.05) is 18.5 Å². The minimum Gasteiger partial charge on any atom is -0.347 e. The fourth-order valence-corrected chi connectivity index (χ4v) is 1.74. The molecular formula is C11H15N3O. The molecule has 2 aromatic rings. The highest BCUT2D eigenvalue weighted by Gasteiger charge is 2.06. The predicted molar refractivity (Wildman–Crippen MR) is 61.2 cm³/mol. The van der Waals surface area contributed by atoms with E-state index in [1.54, 1.807) is 12.3 Å². The van der Waals surface area contributed by atoms with E-state index in [4.69, 9.17) is 0 Å². The molecular weight excluding hydrogens is 190 g/mol. The first-order valence-corrected chi connectivity index (χ1v) is 5.21. The third kappa shape index (κ3) is 1.94. The van der Waals surface area contributed by atoms with Gasteiger partial charge in [-0.1, -0.05) is 6.92 Å². The van der Waals surface area contributed by atoms with Crippen LogP contribution in [0.3, 0.4) is 0 Å². The molecule has 4 heteroatoms. The number of likely N-dealkylation sites (N-methyl/N-ethyl adjacent to an activating group) is 1. The Hall–Kier alpha value is -1.55. The summed E-state index contributed by atoms with van der Waals surface area (Å²) in [6.45, 7) is 3.93. The van der Waals surface area contributed by atoms with E-state index in [1.807, 2.05) is 6.20 Å². The van der Waals surface area contributed by atoms with E-state index < -0.39 is 0 Å². The molecule has 0 saturated heterocycles. The van der Waals surface area contributed by atoms with E-state index in [2.05, 4.69) is 22.2 Å². The maximum Gasteiger partial charge on any atom is 0.191 e. The summed E-state index contributed by atoms with van der Waals surface area (Å²) in [5.41, 5.74) is 1.97. The molecule has 80 valence electrons. The zero-order valence-electron chi connectivity index (χ0n) is 8.76. The minimum atomic E-state index is 0.0801. The van der Waals surface area contributed by atoms with E-state index in [0.29, 0.717) is 0 Å². The Morgan fingerprint density at radius 2 is 2.27 bits per heavy atom.